The number of nitrogens with zero attached hydrogens (tertiary/aromatic N) is 4. The molecule has 0 fully saturated rings. The lowest BCUT2D eigenvalue weighted by molar-refractivity contribution is 0.513. The van der Waals surface area contributed by atoms with Crippen LogP contribution in [0.25, 0.3) is 28.3 Å². The van der Waals surface area contributed by atoms with Crippen LogP contribution in [0.2, 0.25) is 5.02 Å². The van der Waals surface area contributed by atoms with Gasteiger partial charge in [-0.15, -0.1) is 0 Å². The quantitative estimate of drug-likeness (QED) is 0.468. The highest BCUT2D eigenvalue weighted by Gasteiger charge is 2.19. The van der Waals surface area contributed by atoms with Gasteiger partial charge >= 0.3 is 5.63 Å². The third-order valence-corrected chi connectivity index (χ3v) is 4.72. The molecule has 0 bridgehead atoms. The van der Waals surface area contributed by atoms with Gasteiger partial charge in [0, 0.05) is 10.7 Å². The Balaban J connectivity index is 2.01. The number of hydrogen-bond acceptors (Lipinski definition) is 5. The average molecular weight is 432 g/mol. The highest BCUT2D eigenvalue weighted by molar-refractivity contribution is 9.10. The van der Waals surface area contributed by atoms with Gasteiger partial charge in [0.2, 0.25) is 5.89 Å². The first kappa shape index (κ1) is 16.9. The minimum atomic E-state index is -0.466. The molecule has 0 saturated heterocycles. The number of aromatic nitrogens is 4. The van der Waals surface area contributed by atoms with Crippen LogP contribution >= 0.6 is 27.5 Å². The predicted molar refractivity (Wildman–Crippen MR) is 103 cm³/mol. The second kappa shape index (κ2) is 6.34. The molecule has 3 heterocycles. The third kappa shape index (κ3) is 2.83. The van der Waals surface area contributed by atoms with Crippen LogP contribution in [-0.2, 0) is 0 Å². The van der Waals surface area contributed by atoms with E-state index in [1.54, 1.807) is 30.5 Å². The average Bonchev–Trinajstić information content (AvgIpc) is 2.97. The van der Waals surface area contributed by atoms with Crippen molar-refractivity contribution in [1.82, 2.24) is 19.7 Å². The van der Waals surface area contributed by atoms with Crippen molar-refractivity contribution in [3.8, 4) is 17.4 Å². The van der Waals surface area contributed by atoms with Crippen molar-refractivity contribution in [3.63, 3.8) is 0 Å². The van der Waals surface area contributed by atoms with Crippen molar-refractivity contribution < 1.29 is 4.42 Å². The molecule has 0 aliphatic carbocycles. The van der Waals surface area contributed by atoms with Gasteiger partial charge in [0.25, 0.3) is 0 Å². The topological polar surface area (TPSA) is 73.8 Å². The molecule has 0 amide bonds. The summed E-state index contributed by atoms with van der Waals surface area (Å²) < 4.78 is 7.73. The normalized spacial score (nSPS) is 11.2. The largest absolute Gasteiger partial charge is 0.401 e. The van der Waals surface area contributed by atoms with Gasteiger partial charge in [-0.1, -0.05) is 11.6 Å². The summed E-state index contributed by atoms with van der Waals surface area (Å²) >= 11 is 9.72. The second-order valence-electron chi connectivity index (χ2n) is 5.84. The van der Waals surface area contributed by atoms with Gasteiger partial charge in [0.05, 0.1) is 21.6 Å². The number of halogens is 2. The van der Waals surface area contributed by atoms with Crippen molar-refractivity contribution in [1.29, 1.82) is 0 Å². The molecule has 0 N–H and O–H groups in total. The van der Waals surface area contributed by atoms with Crippen LogP contribution in [0.3, 0.4) is 0 Å². The Bertz CT molecular complexity index is 1220. The lowest BCUT2D eigenvalue weighted by atomic mass is 10.2. The van der Waals surface area contributed by atoms with Crippen LogP contribution in [0.4, 0.5) is 0 Å². The van der Waals surface area contributed by atoms with E-state index in [9.17, 15) is 4.79 Å². The molecule has 4 rings (SSSR count). The molecule has 0 saturated carbocycles. The predicted octanol–water partition coefficient (Wildman–Crippen LogP) is 4.47. The van der Waals surface area contributed by atoms with Gasteiger partial charge in [-0.3, -0.25) is 0 Å². The molecule has 1 aromatic carbocycles. The zero-order valence-electron chi connectivity index (χ0n) is 13.8. The Morgan fingerprint density at radius 1 is 1.23 bits per heavy atom. The summed E-state index contributed by atoms with van der Waals surface area (Å²) in [5.74, 6) is 0.583. The van der Waals surface area contributed by atoms with E-state index in [-0.39, 0.29) is 5.89 Å². The van der Waals surface area contributed by atoms with E-state index in [1.807, 2.05) is 19.9 Å². The SMILES string of the molecule is Cc1cc(Br)c2nc(-c3cc(C)nn3-c3ncccc3Cl)oc(=O)c2c1. The standard InChI is InChI=1S/C18H12BrClN4O2/c1-9-6-11-15(12(19)7-9)22-17(26-18(11)25)14-8-10(2)23-24(14)16-13(20)4-3-5-21-16/h3-8H,1-2H3. The highest BCUT2D eigenvalue weighted by atomic mass is 79.9. The fourth-order valence-electron chi connectivity index (χ4n) is 2.73. The Kier molecular flexibility index (Phi) is 4.13. The second-order valence-corrected chi connectivity index (χ2v) is 7.10. The first-order valence-corrected chi connectivity index (χ1v) is 8.90. The van der Waals surface area contributed by atoms with Crippen LogP contribution in [0.5, 0.6) is 0 Å². The minimum Gasteiger partial charge on any atom is -0.401 e. The smallest absolute Gasteiger partial charge is 0.347 e. The zero-order valence-corrected chi connectivity index (χ0v) is 16.2. The maximum Gasteiger partial charge on any atom is 0.347 e. The van der Waals surface area contributed by atoms with E-state index in [0.29, 0.717) is 33.1 Å². The lowest BCUT2D eigenvalue weighted by Gasteiger charge is -2.08. The molecule has 0 atom stereocenters. The van der Waals surface area contributed by atoms with Crippen LogP contribution in [0.15, 0.2) is 50.2 Å². The molecule has 26 heavy (non-hydrogen) atoms. The Morgan fingerprint density at radius 2 is 2.04 bits per heavy atom. The summed E-state index contributed by atoms with van der Waals surface area (Å²) in [5, 5.41) is 5.26. The van der Waals surface area contributed by atoms with Gasteiger partial charge in [0.15, 0.2) is 5.82 Å². The molecule has 8 heteroatoms. The first-order chi connectivity index (χ1) is 12.4. The summed E-state index contributed by atoms with van der Waals surface area (Å²) in [6.07, 6.45) is 1.62. The van der Waals surface area contributed by atoms with Crippen molar-refractivity contribution in [2.24, 2.45) is 0 Å². The van der Waals surface area contributed by atoms with Gasteiger partial charge in [-0.25, -0.2) is 19.4 Å². The fourth-order valence-corrected chi connectivity index (χ4v) is 3.59. The molecule has 0 aliphatic heterocycles. The number of aryl methyl sites for hydroxylation is 2. The van der Waals surface area contributed by atoms with Gasteiger partial charge in [-0.05, 0) is 65.7 Å². The Labute approximate surface area is 161 Å². The van der Waals surface area contributed by atoms with Crippen molar-refractivity contribution in [2.75, 3.05) is 0 Å². The van der Waals surface area contributed by atoms with E-state index in [4.69, 9.17) is 16.0 Å². The molecular formula is C18H12BrClN4O2. The monoisotopic (exact) mass is 430 g/mol. The number of pyridine rings is 1. The summed E-state index contributed by atoms with van der Waals surface area (Å²) in [6.45, 7) is 3.73. The van der Waals surface area contributed by atoms with Gasteiger partial charge < -0.3 is 4.42 Å². The molecule has 3 aromatic heterocycles. The molecule has 6 nitrogen and oxygen atoms in total. The first-order valence-electron chi connectivity index (χ1n) is 7.73. The van der Waals surface area contributed by atoms with Gasteiger partial charge in [0.1, 0.15) is 5.69 Å². The van der Waals surface area contributed by atoms with Crippen LogP contribution in [0, 0.1) is 13.8 Å². The molecule has 4 aromatic rings. The van der Waals surface area contributed by atoms with Crippen molar-refractivity contribution in [3.05, 3.63) is 67.7 Å². The Morgan fingerprint density at radius 3 is 2.81 bits per heavy atom. The van der Waals surface area contributed by atoms with Crippen LogP contribution < -0.4 is 5.63 Å². The van der Waals surface area contributed by atoms with E-state index >= 15 is 0 Å². The minimum absolute atomic E-state index is 0.148. The van der Waals surface area contributed by atoms with E-state index in [1.165, 1.54) is 4.68 Å². The maximum atomic E-state index is 12.5. The number of benzene rings is 1. The van der Waals surface area contributed by atoms with Crippen molar-refractivity contribution in [2.45, 2.75) is 13.8 Å². The molecular weight excluding hydrogens is 420 g/mol. The number of hydrogen-bond donors (Lipinski definition) is 0. The summed E-state index contributed by atoms with van der Waals surface area (Å²) in [7, 11) is 0. The van der Waals surface area contributed by atoms with Crippen LogP contribution in [0.1, 0.15) is 11.3 Å². The van der Waals surface area contributed by atoms with Crippen molar-refractivity contribution >= 4 is 38.4 Å². The van der Waals surface area contributed by atoms with E-state index < -0.39 is 5.63 Å². The third-order valence-electron chi connectivity index (χ3n) is 3.82. The zero-order chi connectivity index (χ0) is 18.4. The molecule has 130 valence electrons. The Hall–Kier alpha value is -2.51. The molecule has 0 spiro atoms. The van der Waals surface area contributed by atoms with Gasteiger partial charge in [-0.2, -0.15) is 5.10 Å². The molecule has 0 aliphatic rings. The highest BCUT2D eigenvalue weighted by Crippen LogP contribution is 2.28. The number of fused-ring (bicyclic) bond motifs is 1. The molecule has 0 unspecified atom stereocenters. The number of rotatable bonds is 2. The van der Waals surface area contributed by atoms with E-state index in [2.05, 4.69) is 31.0 Å². The van der Waals surface area contributed by atoms with E-state index in [0.717, 1.165) is 10.0 Å². The molecule has 0 radical (unpaired) electrons. The summed E-state index contributed by atoms with van der Waals surface area (Å²) in [6, 6.07) is 8.87. The lowest BCUT2D eigenvalue weighted by Crippen LogP contribution is -2.07. The maximum absolute atomic E-state index is 12.5. The van der Waals surface area contributed by atoms with Crippen LogP contribution in [-0.4, -0.2) is 19.7 Å². The fraction of sp³-hybridized carbons (Fsp3) is 0.111. The summed E-state index contributed by atoms with van der Waals surface area (Å²) in [4.78, 5) is 21.3. The summed E-state index contributed by atoms with van der Waals surface area (Å²) in [5.41, 5.74) is 2.21.